The molecule has 0 saturated heterocycles. The first-order chi connectivity index (χ1) is 9.82. The molecule has 0 atom stereocenters. The minimum atomic E-state index is -2.33. The van der Waals surface area contributed by atoms with Crippen LogP contribution in [0.2, 0.25) is 0 Å². The molecule has 2 heteroatoms. The van der Waals surface area contributed by atoms with Crippen molar-refractivity contribution in [2.75, 3.05) is 0 Å². The number of hydrogen-bond donors (Lipinski definition) is 0. The van der Waals surface area contributed by atoms with E-state index >= 15 is 0 Å². The molecule has 0 aromatic heterocycles. The Bertz CT molecular complexity index is 735. The van der Waals surface area contributed by atoms with E-state index in [2.05, 4.69) is 72.8 Å². The number of benzene rings is 3. The van der Waals surface area contributed by atoms with E-state index in [0.29, 0.717) is 0 Å². The first-order valence-electron chi connectivity index (χ1n) is 6.75. The number of fused-ring (bicyclic) bond motifs is 3. The highest BCUT2D eigenvalue weighted by Gasteiger charge is 2.45. The van der Waals surface area contributed by atoms with Crippen LogP contribution in [0.5, 0.6) is 0 Å². The Balaban J connectivity index is 2.10. The zero-order valence-corrected chi connectivity index (χ0v) is 12.6. The van der Waals surface area contributed by atoms with E-state index in [1.807, 2.05) is 6.07 Å². The summed E-state index contributed by atoms with van der Waals surface area (Å²) in [5.41, 5.74) is 2.60. The highest BCUT2D eigenvalue weighted by Crippen LogP contribution is 2.29. The second kappa shape index (κ2) is 4.34. The Labute approximate surface area is 124 Å². The summed E-state index contributed by atoms with van der Waals surface area (Å²) in [5, 5.41) is 3.89. The molecule has 0 spiro atoms. The molecular weight excluding hydrogens is 280 g/mol. The summed E-state index contributed by atoms with van der Waals surface area (Å²) in [5.74, 6) is 0. The van der Waals surface area contributed by atoms with Crippen molar-refractivity contribution >= 4 is 34.0 Å². The SMILES string of the molecule is Cl[Si]1(c2ccccc2)c2ccccc2-c2ccccc21. The number of halogens is 1. The van der Waals surface area contributed by atoms with E-state index in [0.717, 1.165) is 0 Å². The van der Waals surface area contributed by atoms with E-state index < -0.39 is 7.38 Å². The Morgan fingerprint density at radius 2 is 1.00 bits per heavy atom. The molecule has 1 aliphatic rings. The predicted molar refractivity (Wildman–Crippen MR) is 88.8 cm³/mol. The van der Waals surface area contributed by atoms with Crippen LogP contribution in [-0.4, -0.2) is 7.38 Å². The molecule has 0 saturated carbocycles. The van der Waals surface area contributed by atoms with Gasteiger partial charge in [0.15, 0.2) is 0 Å². The van der Waals surface area contributed by atoms with Crippen LogP contribution in [0.3, 0.4) is 0 Å². The van der Waals surface area contributed by atoms with Crippen LogP contribution in [0.1, 0.15) is 0 Å². The van der Waals surface area contributed by atoms with Crippen LogP contribution < -0.4 is 15.6 Å². The molecule has 0 bridgehead atoms. The average molecular weight is 293 g/mol. The van der Waals surface area contributed by atoms with Crippen LogP contribution in [0.15, 0.2) is 78.9 Å². The van der Waals surface area contributed by atoms with Gasteiger partial charge >= 0.3 is 0 Å². The number of hydrogen-bond acceptors (Lipinski definition) is 0. The molecule has 96 valence electrons. The third-order valence-electron chi connectivity index (χ3n) is 4.06. The van der Waals surface area contributed by atoms with E-state index in [4.69, 9.17) is 11.1 Å². The molecule has 3 aromatic carbocycles. The maximum absolute atomic E-state index is 7.30. The van der Waals surface area contributed by atoms with Gasteiger partial charge in [-0.3, -0.25) is 0 Å². The fourth-order valence-corrected chi connectivity index (χ4v) is 7.92. The third kappa shape index (κ3) is 1.48. The maximum atomic E-state index is 7.30. The lowest BCUT2D eigenvalue weighted by molar-refractivity contribution is 1.71. The van der Waals surface area contributed by atoms with Gasteiger partial charge in [0.1, 0.15) is 0 Å². The highest BCUT2D eigenvalue weighted by atomic mass is 35.6. The standard InChI is InChI=1S/C18H13ClSi/c19-20(14-8-2-1-3-9-14)17-12-6-4-10-15(17)16-11-5-7-13-18(16)20/h1-13H. The van der Waals surface area contributed by atoms with Crippen LogP contribution >= 0.6 is 11.1 Å². The Morgan fingerprint density at radius 3 is 1.55 bits per heavy atom. The van der Waals surface area contributed by atoms with Crippen molar-refractivity contribution in [2.24, 2.45) is 0 Å². The van der Waals surface area contributed by atoms with Gasteiger partial charge in [-0.05, 0) is 26.7 Å². The highest BCUT2D eigenvalue weighted by molar-refractivity contribution is 7.42. The Morgan fingerprint density at radius 1 is 0.550 bits per heavy atom. The fourth-order valence-electron chi connectivity index (χ4n) is 3.16. The van der Waals surface area contributed by atoms with Gasteiger partial charge in [0.2, 0.25) is 7.38 Å². The topological polar surface area (TPSA) is 0 Å². The van der Waals surface area contributed by atoms with E-state index in [9.17, 15) is 0 Å². The molecule has 0 radical (unpaired) electrons. The minimum Gasteiger partial charge on any atom is -0.149 e. The van der Waals surface area contributed by atoms with Crippen LogP contribution in [-0.2, 0) is 0 Å². The van der Waals surface area contributed by atoms with Crippen molar-refractivity contribution in [1.29, 1.82) is 0 Å². The second-order valence-corrected chi connectivity index (χ2v) is 9.79. The van der Waals surface area contributed by atoms with Gasteiger partial charge in [-0.25, -0.2) is 0 Å². The molecule has 0 aliphatic carbocycles. The average Bonchev–Trinajstić information content (AvgIpc) is 2.80. The molecule has 3 aromatic rings. The van der Waals surface area contributed by atoms with Gasteiger partial charge in [-0.1, -0.05) is 78.9 Å². The lowest BCUT2D eigenvalue weighted by atomic mass is 10.1. The first kappa shape index (κ1) is 11.9. The monoisotopic (exact) mass is 292 g/mol. The fraction of sp³-hybridized carbons (Fsp3) is 0. The summed E-state index contributed by atoms with van der Waals surface area (Å²) in [6.07, 6.45) is 0. The van der Waals surface area contributed by atoms with Crippen molar-refractivity contribution in [3.8, 4) is 11.1 Å². The Hall–Kier alpha value is -1.83. The van der Waals surface area contributed by atoms with Crippen molar-refractivity contribution in [1.82, 2.24) is 0 Å². The number of rotatable bonds is 1. The normalized spacial score (nSPS) is 14.7. The van der Waals surface area contributed by atoms with Crippen molar-refractivity contribution in [3.63, 3.8) is 0 Å². The Kier molecular flexibility index (Phi) is 2.59. The van der Waals surface area contributed by atoms with Crippen LogP contribution in [0.4, 0.5) is 0 Å². The molecular formula is C18H13ClSi. The van der Waals surface area contributed by atoms with Gasteiger partial charge in [0, 0.05) is 0 Å². The summed E-state index contributed by atoms with van der Waals surface area (Å²) in [7, 11) is -2.33. The molecule has 1 heterocycles. The van der Waals surface area contributed by atoms with Crippen molar-refractivity contribution < 1.29 is 0 Å². The van der Waals surface area contributed by atoms with Gasteiger partial charge in [-0.2, -0.15) is 0 Å². The third-order valence-corrected chi connectivity index (χ3v) is 9.42. The van der Waals surface area contributed by atoms with Crippen LogP contribution in [0, 0.1) is 0 Å². The lowest BCUT2D eigenvalue weighted by Crippen LogP contribution is -2.60. The minimum absolute atomic E-state index is 1.26. The molecule has 20 heavy (non-hydrogen) atoms. The zero-order chi connectivity index (χ0) is 13.6. The predicted octanol–water partition coefficient (Wildman–Crippen LogP) is 2.87. The molecule has 0 amide bonds. The largest absolute Gasteiger partial charge is 0.249 e. The quantitative estimate of drug-likeness (QED) is 0.478. The van der Waals surface area contributed by atoms with Crippen molar-refractivity contribution in [2.45, 2.75) is 0 Å². The summed E-state index contributed by atoms with van der Waals surface area (Å²) < 4.78 is 0. The maximum Gasteiger partial charge on any atom is 0.249 e. The van der Waals surface area contributed by atoms with Gasteiger partial charge < -0.3 is 0 Å². The summed E-state index contributed by atoms with van der Waals surface area (Å²) >= 11 is 7.30. The molecule has 0 unspecified atom stereocenters. The second-order valence-electron chi connectivity index (χ2n) is 5.12. The van der Waals surface area contributed by atoms with Crippen LogP contribution in [0.25, 0.3) is 11.1 Å². The smallest absolute Gasteiger partial charge is 0.149 e. The molecule has 4 rings (SSSR count). The van der Waals surface area contributed by atoms with E-state index in [1.165, 1.54) is 26.7 Å². The molecule has 0 nitrogen and oxygen atoms in total. The van der Waals surface area contributed by atoms with Gasteiger partial charge in [0.05, 0.1) is 0 Å². The molecule has 0 N–H and O–H groups in total. The van der Waals surface area contributed by atoms with E-state index in [-0.39, 0.29) is 0 Å². The first-order valence-corrected chi connectivity index (χ1v) is 9.77. The van der Waals surface area contributed by atoms with E-state index in [1.54, 1.807) is 0 Å². The summed E-state index contributed by atoms with van der Waals surface area (Å²) in [6, 6.07) is 27.7. The summed E-state index contributed by atoms with van der Waals surface area (Å²) in [4.78, 5) is 0. The molecule has 1 aliphatic heterocycles. The zero-order valence-electron chi connectivity index (χ0n) is 10.9. The summed E-state index contributed by atoms with van der Waals surface area (Å²) in [6.45, 7) is 0. The van der Waals surface area contributed by atoms with Crippen molar-refractivity contribution in [3.05, 3.63) is 78.9 Å². The van der Waals surface area contributed by atoms with Gasteiger partial charge in [0.25, 0.3) is 0 Å². The molecule has 0 fully saturated rings. The van der Waals surface area contributed by atoms with Gasteiger partial charge in [-0.15, -0.1) is 11.1 Å². The lowest BCUT2D eigenvalue weighted by Gasteiger charge is -2.22.